The van der Waals surface area contributed by atoms with Crippen molar-refractivity contribution in [2.75, 3.05) is 15.4 Å². The summed E-state index contributed by atoms with van der Waals surface area (Å²) in [5, 5.41) is 2.89. The van der Waals surface area contributed by atoms with Crippen LogP contribution < -0.4 is 9.62 Å². The molecule has 0 atom stereocenters. The maximum absolute atomic E-state index is 12.6. The van der Waals surface area contributed by atoms with Crippen LogP contribution in [0, 0.1) is 13.8 Å². The number of benzene rings is 2. The van der Waals surface area contributed by atoms with Gasteiger partial charge in [0, 0.05) is 17.7 Å². The third kappa shape index (κ3) is 3.32. The Morgan fingerprint density at radius 2 is 1.92 bits per heavy atom. The van der Waals surface area contributed by atoms with Crippen LogP contribution in [0.4, 0.5) is 11.4 Å². The Morgan fingerprint density at radius 1 is 1.19 bits per heavy atom. The van der Waals surface area contributed by atoms with Gasteiger partial charge in [-0.15, -0.1) is 0 Å². The summed E-state index contributed by atoms with van der Waals surface area (Å²) in [5.41, 5.74) is 2.85. The average Bonchev–Trinajstić information content (AvgIpc) is 2.85. The highest BCUT2D eigenvalue weighted by Crippen LogP contribution is 2.33. The van der Waals surface area contributed by atoms with Gasteiger partial charge < -0.3 is 5.32 Å². The molecule has 3 rings (SSSR count). The summed E-state index contributed by atoms with van der Waals surface area (Å²) in [6.07, 6.45) is -0.0996. The van der Waals surface area contributed by atoms with Crippen LogP contribution in [-0.2, 0) is 14.8 Å². The van der Waals surface area contributed by atoms with Gasteiger partial charge in [-0.05, 0) is 49.2 Å². The van der Waals surface area contributed by atoms with E-state index in [-0.39, 0.29) is 28.4 Å². The number of amides is 2. The summed E-state index contributed by atoms with van der Waals surface area (Å²) in [6, 6.07) is 9.78. The Hall–Kier alpha value is -2.38. The molecule has 1 N–H and O–H groups in total. The van der Waals surface area contributed by atoms with Crippen molar-refractivity contribution < 1.29 is 18.0 Å². The van der Waals surface area contributed by atoms with E-state index in [0.717, 1.165) is 11.1 Å². The Labute approximate surface area is 156 Å². The first kappa shape index (κ1) is 18.4. The molecule has 2 aromatic rings. The van der Waals surface area contributed by atoms with E-state index in [1.54, 1.807) is 6.07 Å². The van der Waals surface area contributed by atoms with Crippen LogP contribution in [0.15, 0.2) is 36.4 Å². The normalized spacial score (nSPS) is 16.0. The Morgan fingerprint density at radius 3 is 2.58 bits per heavy atom. The zero-order valence-electron chi connectivity index (χ0n) is 14.2. The number of halogens is 1. The lowest BCUT2D eigenvalue weighted by Crippen LogP contribution is -2.30. The molecule has 2 aromatic carbocycles. The van der Waals surface area contributed by atoms with E-state index in [0.29, 0.717) is 9.99 Å². The zero-order valence-corrected chi connectivity index (χ0v) is 15.8. The predicted molar refractivity (Wildman–Crippen MR) is 101 cm³/mol. The van der Waals surface area contributed by atoms with Gasteiger partial charge >= 0.3 is 0 Å². The fourth-order valence-electron chi connectivity index (χ4n) is 2.74. The van der Waals surface area contributed by atoms with E-state index in [1.807, 2.05) is 26.0 Å². The van der Waals surface area contributed by atoms with Gasteiger partial charge in [-0.1, -0.05) is 23.7 Å². The van der Waals surface area contributed by atoms with Crippen molar-refractivity contribution in [1.29, 1.82) is 0 Å². The van der Waals surface area contributed by atoms with Crippen molar-refractivity contribution in [3.8, 4) is 0 Å². The van der Waals surface area contributed by atoms with Crippen molar-refractivity contribution in [2.45, 2.75) is 20.3 Å². The number of anilines is 2. The molecule has 6 nitrogen and oxygen atoms in total. The van der Waals surface area contributed by atoms with Crippen molar-refractivity contribution in [2.24, 2.45) is 0 Å². The molecule has 0 aromatic heterocycles. The minimum Gasteiger partial charge on any atom is -0.322 e. The van der Waals surface area contributed by atoms with Gasteiger partial charge in [0.25, 0.3) is 5.91 Å². The summed E-state index contributed by atoms with van der Waals surface area (Å²) >= 11 is 6.09. The standard InChI is InChI=1S/C18H17ClN2O4S/c1-11-4-3-5-15(12(11)2)20-18(23)13-6-7-14(19)16(10-13)21-17(22)8-9-26(21,24)25/h3-7,10H,8-9H2,1-2H3,(H,20,23). The smallest absolute Gasteiger partial charge is 0.255 e. The minimum atomic E-state index is -3.76. The second-order valence-electron chi connectivity index (χ2n) is 6.09. The molecule has 1 aliphatic rings. The summed E-state index contributed by atoms with van der Waals surface area (Å²) in [6.45, 7) is 3.84. The van der Waals surface area contributed by atoms with Gasteiger partial charge in [0.05, 0.1) is 16.5 Å². The monoisotopic (exact) mass is 392 g/mol. The van der Waals surface area contributed by atoms with E-state index in [4.69, 9.17) is 11.6 Å². The van der Waals surface area contributed by atoms with E-state index in [9.17, 15) is 18.0 Å². The van der Waals surface area contributed by atoms with E-state index in [2.05, 4.69) is 5.32 Å². The molecular weight excluding hydrogens is 376 g/mol. The van der Waals surface area contributed by atoms with Crippen LogP contribution in [0.2, 0.25) is 5.02 Å². The summed E-state index contributed by atoms with van der Waals surface area (Å²) in [4.78, 5) is 24.6. The molecule has 0 bridgehead atoms. The Kier molecular flexibility index (Phi) is 4.77. The van der Waals surface area contributed by atoms with Crippen LogP contribution >= 0.6 is 11.6 Å². The number of hydrogen-bond acceptors (Lipinski definition) is 4. The fraction of sp³-hybridized carbons (Fsp3) is 0.222. The van der Waals surface area contributed by atoms with Crippen LogP contribution in [0.3, 0.4) is 0 Å². The number of sulfonamides is 1. The quantitative estimate of drug-likeness (QED) is 0.868. The highest BCUT2D eigenvalue weighted by molar-refractivity contribution is 7.94. The van der Waals surface area contributed by atoms with E-state index < -0.39 is 21.8 Å². The van der Waals surface area contributed by atoms with Gasteiger partial charge in [-0.25, -0.2) is 12.7 Å². The fourth-order valence-corrected chi connectivity index (χ4v) is 4.46. The maximum Gasteiger partial charge on any atom is 0.255 e. The minimum absolute atomic E-state index is 0.00257. The second-order valence-corrected chi connectivity index (χ2v) is 8.44. The van der Waals surface area contributed by atoms with E-state index >= 15 is 0 Å². The maximum atomic E-state index is 12.6. The Balaban J connectivity index is 1.96. The van der Waals surface area contributed by atoms with Gasteiger partial charge in [-0.2, -0.15) is 0 Å². The zero-order chi connectivity index (χ0) is 19.1. The third-order valence-corrected chi connectivity index (χ3v) is 6.35. The lowest BCUT2D eigenvalue weighted by atomic mass is 10.1. The first-order valence-corrected chi connectivity index (χ1v) is 9.92. The van der Waals surface area contributed by atoms with Crippen LogP contribution in [0.1, 0.15) is 27.9 Å². The molecular formula is C18H17ClN2O4S. The molecule has 1 heterocycles. The molecule has 136 valence electrons. The van der Waals surface area contributed by atoms with Crippen molar-refractivity contribution in [1.82, 2.24) is 0 Å². The predicted octanol–water partition coefficient (Wildman–Crippen LogP) is 3.28. The number of carbonyl (C=O) groups excluding carboxylic acids is 2. The number of nitrogens with one attached hydrogen (secondary N) is 1. The SMILES string of the molecule is Cc1cccc(NC(=O)c2ccc(Cl)c(N3C(=O)CCS3(=O)=O)c2)c1C. The molecule has 0 aliphatic carbocycles. The van der Waals surface area contributed by atoms with Crippen molar-refractivity contribution >= 4 is 44.8 Å². The molecule has 1 saturated heterocycles. The second kappa shape index (κ2) is 6.74. The lowest BCUT2D eigenvalue weighted by molar-refractivity contribution is -0.116. The summed E-state index contributed by atoms with van der Waals surface area (Å²) in [5.74, 6) is -1.24. The number of hydrogen-bond donors (Lipinski definition) is 1. The molecule has 0 spiro atoms. The van der Waals surface area contributed by atoms with Crippen LogP contribution in [-0.4, -0.2) is 26.0 Å². The summed E-state index contributed by atoms with van der Waals surface area (Å²) in [7, 11) is -3.76. The van der Waals surface area contributed by atoms with Crippen LogP contribution in [0.5, 0.6) is 0 Å². The average molecular weight is 393 g/mol. The van der Waals surface area contributed by atoms with E-state index in [1.165, 1.54) is 18.2 Å². The lowest BCUT2D eigenvalue weighted by Gasteiger charge is -2.17. The first-order chi connectivity index (χ1) is 12.2. The molecule has 26 heavy (non-hydrogen) atoms. The third-order valence-electron chi connectivity index (χ3n) is 4.36. The molecule has 2 amide bonds. The topological polar surface area (TPSA) is 83.6 Å². The van der Waals surface area contributed by atoms with Crippen LogP contribution in [0.25, 0.3) is 0 Å². The van der Waals surface area contributed by atoms with Gasteiger partial charge in [0.2, 0.25) is 15.9 Å². The van der Waals surface area contributed by atoms with Crippen molar-refractivity contribution in [3.05, 3.63) is 58.1 Å². The number of aryl methyl sites for hydroxylation is 1. The number of nitrogens with zero attached hydrogens (tertiary/aromatic N) is 1. The molecule has 8 heteroatoms. The first-order valence-electron chi connectivity index (χ1n) is 7.93. The van der Waals surface area contributed by atoms with Gasteiger partial charge in [0.1, 0.15) is 0 Å². The molecule has 0 radical (unpaired) electrons. The number of carbonyl (C=O) groups is 2. The highest BCUT2D eigenvalue weighted by atomic mass is 35.5. The van der Waals surface area contributed by atoms with Gasteiger partial charge in [-0.3, -0.25) is 9.59 Å². The molecule has 0 saturated carbocycles. The number of rotatable bonds is 3. The van der Waals surface area contributed by atoms with Crippen molar-refractivity contribution in [3.63, 3.8) is 0 Å². The molecule has 0 unspecified atom stereocenters. The largest absolute Gasteiger partial charge is 0.322 e. The molecule has 1 aliphatic heterocycles. The Bertz CT molecular complexity index is 1020. The highest BCUT2D eigenvalue weighted by Gasteiger charge is 2.37. The molecule has 1 fully saturated rings. The van der Waals surface area contributed by atoms with Gasteiger partial charge in [0.15, 0.2) is 0 Å². The summed E-state index contributed by atoms with van der Waals surface area (Å²) < 4.78 is 24.9.